The van der Waals surface area contributed by atoms with Crippen LogP contribution >= 0.6 is 0 Å². The summed E-state index contributed by atoms with van der Waals surface area (Å²) in [6, 6.07) is 0. The van der Waals surface area contributed by atoms with Crippen LogP contribution in [0, 0.1) is 28.6 Å². The molecule has 0 spiro atoms. The molecule has 0 bridgehead atoms. The van der Waals surface area contributed by atoms with Gasteiger partial charge in [-0.2, -0.15) is 0 Å². The molecule has 2 fully saturated rings. The van der Waals surface area contributed by atoms with Crippen molar-refractivity contribution in [3.05, 3.63) is 22.8 Å². The maximum absolute atomic E-state index is 12.4. The van der Waals surface area contributed by atoms with Gasteiger partial charge in [-0.1, -0.05) is 31.1 Å². The fraction of sp³-hybridized carbons (Fsp3) is 0.750. The standard InChI is InChI=1S/C24H34O3/c1-14-12-21-19-7-6-17-13-18(27-16(3)26)8-10-23(17,4)20(19)9-11-24(21,5)22(14)15(2)25/h9,17-19,21H,6-8,10-13H2,1-5H3/t17-,18+,19+,21-,23-,24-/m0/s1. The number of fused-ring (bicyclic) bond motifs is 5. The lowest BCUT2D eigenvalue weighted by molar-refractivity contribution is -0.151. The average molecular weight is 371 g/mol. The van der Waals surface area contributed by atoms with Crippen LogP contribution in [0.2, 0.25) is 0 Å². The van der Waals surface area contributed by atoms with Crippen molar-refractivity contribution in [3.63, 3.8) is 0 Å². The number of ketones is 1. The molecule has 0 aromatic carbocycles. The molecule has 4 aliphatic carbocycles. The summed E-state index contributed by atoms with van der Waals surface area (Å²) in [7, 11) is 0. The Labute approximate surface area is 163 Å². The van der Waals surface area contributed by atoms with E-state index < -0.39 is 0 Å². The van der Waals surface area contributed by atoms with Gasteiger partial charge in [0.15, 0.2) is 5.78 Å². The quantitative estimate of drug-likeness (QED) is 0.483. The topological polar surface area (TPSA) is 43.4 Å². The molecule has 0 radical (unpaired) electrons. The van der Waals surface area contributed by atoms with E-state index in [1.165, 1.54) is 25.3 Å². The van der Waals surface area contributed by atoms with Gasteiger partial charge in [-0.05, 0) is 82.0 Å². The van der Waals surface area contributed by atoms with Crippen molar-refractivity contribution in [1.82, 2.24) is 0 Å². The molecule has 3 heteroatoms. The van der Waals surface area contributed by atoms with Crippen molar-refractivity contribution < 1.29 is 14.3 Å². The third kappa shape index (κ3) is 2.76. The molecule has 6 atom stereocenters. The summed E-state index contributed by atoms with van der Waals surface area (Å²) in [6.07, 6.45) is 10.3. The zero-order valence-corrected chi connectivity index (χ0v) is 17.6. The molecule has 0 aromatic heterocycles. The van der Waals surface area contributed by atoms with Crippen LogP contribution in [0.25, 0.3) is 0 Å². The fourth-order valence-corrected chi connectivity index (χ4v) is 7.48. The first-order valence-corrected chi connectivity index (χ1v) is 10.8. The van der Waals surface area contributed by atoms with Crippen molar-refractivity contribution in [2.24, 2.45) is 28.6 Å². The van der Waals surface area contributed by atoms with Crippen molar-refractivity contribution >= 4 is 11.8 Å². The first-order chi connectivity index (χ1) is 12.7. The van der Waals surface area contributed by atoms with E-state index in [4.69, 9.17) is 4.74 Å². The Kier molecular flexibility index (Phi) is 4.44. The maximum atomic E-state index is 12.4. The molecular weight excluding hydrogens is 336 g/mol. The predicted molar refractivity (Wildman–Crippen MR) is 106 cm³/mol. The second-order valence-electron chi connectivity index (χ2n) is 10.1. The highest BCUT2D eigenvalue weighted by Crippen LogP contribution is 2.65. The minimum Gasteiger partial charge on any atom is -0.463 e. The lowest BCUT2D eigenvalue weighted by Gasteiger charge is -2.56. The summed E-state index contributed by atoms with van der Waals surface area (Å²) in [5, 5.41) is 0. The number of rotatable bonds is 2. The van der Waals surface area contributed by atoms with Gasteiger partial charge in [-0.25, -0.2) is 0 Å². The van der Waals surface area contributed by atoms with Crippen molar-refractivity contribution in [2.75, 3.05) is 0 Å². The molecule has 0 aliphatic heterocycles. The molecule has 0 unspecified atom stereocenters. The normalized spacial score (nSPS) is 43.4. The van der Waals surface area contributed by atoms with Crippen molar-refractivity contribution in [1.29, 1.82) is 0 Å². The summed E-state index contributed by atoms with van der Waals surface area (Å²) in [4.78, 5) is 23.8. The van der Waals surface area contributed by atoms with Crippen LogP contribution in [0.5, 0.6) is 0 Å². The molecule has 0 saturated heterocycles. The number of hydrogen-bond acceptors (Lipinski definition) is 3. The van der Waals surface area contributed by atoms with Crippen LogP contribution in [0.4, 0.5) is 0 Å². The van der Waals surface area contributed by atoms with Crippen LogP contribution in [-0.4, -0.2) is 17.9 Å². The third-order valence-corrected chi connectivity index (χ3v) is 8.58. The maximum Gasteiger partial charge on any atom is 0.302 e. The highest BCUT2D eigenvalue weighted by Gasteiger charge is 2.56. The highest BCUT2D eigenvalue weighted by molar-refractivity contribution is 5.96. The lowest BCUT2D eigenvalue weighted by atomic mass is 9.48. The molecule has 0 N–H and O–H groups in total. The molecule has 3 nitrogen and oxygen atoms in total. The van der Waals surface area contributed by atoms with Gasteiger partial charge in [-0.15, -0.1) is 0 Å². The Bertz CT molecular complexity index is 745. The first-order valence-electron chi connectivity index (χ1n) is 10.8. The Balaban J connectivity index is 1.62. The summed E-state index contributed by atoms with van der Waals surface area (Å²) < 4.78 is 5.56. The van der Waals surface area contributed by atoms with E-state index in [0.29, 0.717) is 17.8 Å². The van der Waals surface area contributed by atoms with Gasteiger partial charge in [0.2, 0.25) is 0 Å². The van der Waals surface area contributed by atoms with Crippen molar-refractivity contribution in [2.45, 2.75) is 85.7 Å². The van der Waals surface area contributed by atoms with Gasteiger partial charge >= 0.3 is 5.97 Å². The molecule has 0 aromatic rings. The van der Waals surface area contributed by atoms with Gasteiger partial charge in [-0.3, -0.25) is 9.59 Å². The van der Waals surface area contributed by atoms with Gasteiger partial charge in [0.05, 0.1) is 0 Å². The number of carbonyl (C=O) groups excluding carboxylic acids is 2. The molecule has 2 saturated carbocycles. The molecule has 4 rings (SSSR count). The fourth-order valence-electron chi connectivity index (χ4n) is 7.48. The molecule has 27 heavy (non-hydrogen) atoms. The summed E-state index contributed by atoms with van der Waals surface area (Å²) in [6.45, 7) is 10.3. The number of hydrogen-bond donors (Lipinski definition) is 0. The van der Waals surface area contributed by atoms with E-state index in [2.05, 4.69) is 26.8 Å². The van der Waals surface area contributed by atoms with E-state index in [0.717, 1.165) is 37.7 Å². The third-order valence-electron chi connectivity index (χ3n) is 8.58. The molecular formula is C24H34O3. The van der Waals surface area contributed by atoms with E-state index in [1.54, 1.807) is 12.5 Å². The second kappa shape index (κ2) is 6.32. The van der Waals surface area contributed by atoms with Crippen LogP contribution in [0.1, 0.15) is 79.6 Å². The summed E-state index contributed by atoms with van der Waals surface area (Å²) in [5.74, 6) is 1.94. The largest absolute Gasteiger partial charge is 0.463 e. The van der Waals surface area contributed by atoms with Crippen LogP contribution in [0.3, 0.4) is 0 Å². The predicted octanol–water partition coefficient (Wildman–Crippen LogP) is 5.40. The Morgan fingerprint density at radius 3 is 2.52 bits per heavy atom. The number of ether oxygens (including phenoxy) is 1. The van der Waals surface area contributed by atoms with Gasteiger partial charge in [0.25, 0.3) is 0 Å². The Hall–Kier alpha value is -1.38. The van der Waals surface area contributed by atoms with Crippen LogP contribution in [-0.2, 0) is 14.3 Å². The smallest absolute Gasteiger partial charge is 0.302 e. The zero-order chi connectivity index (χ0) is 19.6. The van der Waals surface area contributed by atoms with Crippen LogP contribution in [0.15, 0.2) is 22.8 Å². The summed E-state index contributed by atoms with van der Waals surface area (Å²) in [5.41, 5.74) is 4.39. The minimum atomic E-state index is -0.144. The number of carbonyl (C=O) groups is 2. The summed E-state index contributed by atoms with van der Waals surface area (Å²) >= 11 is 0. The number of esters is 1. The molecule has 0 amide bonds. The second-order valence-corrected chi connectivity index (χ2v) is 10.1. The average Bonchev–Trinajstić information content (AvgIpc) is 2.85. The SMILES string of the molecule is CC(=O)O[C@@H]1CC[C@]2(C)C3=CC[C@]4(C)C(C(C)=O)=C(C)C[C@H]4[C@@H]3CC[C@H]2C1. The molecule has 148 valence electrons. The Morgan fingerprint density at radius 1 is 1.11 bits per heavy atom. The van der Waals surface area contributed by atoms with Crippen molar-refractivity contribution in [3.8, 4) is 0 Å². The minimum absolute atomic E-state index is 0.0300. The van der Waals surface area contributed by atoms with E-state index >= 15 is 0 Å². The number of Topliss-reactive ketones (excluding diaryl/α,β-unsaturated/α-hetero) is 1. The lowest BCUT2D eigenvalue weighted by Crippen LogP contribution is -2.48. The van der Waals surface area contributed by atoms with Gasteiger partial charge < -0.3 is 4.74 Å². The molecule has 0 heterocycles. The van der Waals surface area contributed by atoms with Gasteiger partial charge in [0, 0.05) is 17.9 Å². The first kappa shape index (κ1) is 19.0. The van der Waals surface area contributed by atoms with E-state index in [1.807, 2.05) is 0 Å². The monoisotopic (exact) mass is 370 g/mol. The van der Waals surface area contributed by atoms with Crippen LogP contribution < -0.4 is 0 Å². The number of allylic oxidation sites excluding steroid dienone is 4. The zero-order valence-electron chi connectivity index (χ0n) is 17.6. The van der Waals surface area contributed by atoms with E-state index in [-0.39, 0.29) is 28.7 Å². The van der Waals surface area contributed by atoms with E-state index in [9.17, 15) is 9.59 Å². The highest BCUT2D eigenvalue weighted by atomic mass is 16.5. The Morgan fingerprint density at radius 2 is 1.85 bits per heavy atom. The molecule has 4 aliphatic rings. The van der Waals surface area contributed by atoms with Gasteiger partial charge in [0.1, 0.15) is 6.10 Å².